The van der Waals surface area contributed by atoms with Gasteiger partial charge in [-0.05, 0) is 37.6 Å². The van der Waals surface area contributed by atoms with Gasteiger partial charge in [0, 0.05) is 27.5 Å². The number of anilines is 1. The van der Waals surface area contributed by atoms with Gasteiger partial charge in [-0.3, -0.25) is 4.79 Å². The van der Waals surface area contributed by atoms with Crippen LogP contribution in [-0.4, -0.2) is 16.4 Å². The third-order valence-corrected chi connectivity index (χ3v) is 4.25. The van der Waals surface area contributed by atoms with Gasteiger partial charge in [0.05, 0.1) is 5.54 Å². The zero-order valence-electron chi connectivity index (χ0n) is 11.6. The molecule has 7 heteroatoms. The quantitative estimate of drug-likeness (QED) is 0.888. The summed E-state index contributed by atoms with van der Waals surface area (Å²) in [5, 5.41) is 4.51. The largest absolute Gasteiger partial charge is 0.318 e. The van der Waals surface area contributed by atoms with Gasteiger partial charge in [0.25, 0.3) is 0 Å². The van der Waals surface area contributed by atoms with Crippen molar-refractivity contribution in [2.45, 2.75) is 25.8 Å². The van der Waals surface area contributed by atoms with Crippen LogP contribution in [0.1, 0.15) is 24.3 Å². The molecule has 0 saturated carbocycles. The molecular weight excluding hydrogens is 329 g/mol. The Hall–Kier alpha value is -1.14. The first kappa shape index (κ1) is 16.2. The Labute approximate surface area is 137 Å². The molecule has 0 fully saturated rings. The lowest BCUT2D eigenvalue weighted by Crippen LogP contribution is -2.45. The maximum atomic E-state index is 11.8. The van der Waals surface area contributed by atoms with Gasteiger partial charge < -0.3 is 11.1 Å². The average Bonchev–Trinajstić information content (AvgIpc) is 2.80. The zero-order chi connectivity index (χ0) is 15.6. The van der Waals surface area contributed by atoms with E-state index in [1.54, 1.807) is 32.2 Å². The summed E-state index contributed by atoms with van der Waals surface area (Å²) < 4.78 is 0. The van der Waals surface area contributed by atoms with Crippen molar-refractivity contribution in [2.75, 3.05) is 5.32 Å². The molecule has 0 spiro atoms. The highest BCUT2D eigenvalue weighted by Gasteiger charge is 2.22. The van der Waals surface area contributed by atoms with Crippen LogP contribution in [0.5, 0.6) is 0 Å². The van der Waals surface area contributed by atoms with E-state index in [-0.39, 0.29) is 5.91 Å². The molecule has 0 aliphatic carbocycles. The second-order valence-electron chi connectivity index (χ2n) is 5.22. The fourth-order valence-electron chi connectivity index (χ4n) is 1.57. The molecule has 0 atom stereocenters. The number of hydrogen-bond donors (Lipinski definition) is 2. The highest BCUT2D eigenvalue weighted by atomic mass is 35.5. The Kier molecular flexibility index (Phi) is 4.88. The molecule has 112 valence electrons. The molecule has 1 aromatic heterocycles. The second kappa shape index (κ2) is 6.32. The third-order valence-electron chi connectivity index (χ3n) is 2.73. The molecule has 1 heterocycles. The summed E-state index contributed by atoms with van der Waals surface area (Å²) in [4.78, 5) is 16.9. The zero-order valence-corrected chi connectivity index (χ0v) is 13.9. The highest BCUT2D eigenvalue weighted by molar-refractivity contribution is 7.15. The lowest BCUT2D eigenvalue weighted by atomic mass is 10.1. The van der Waals surface area contributed by atoms with Gasteiger partial charge in [0.1, 0.15) is 0 Å². The molecule has 2 aromatic rings. The van der Waals surface area contributed by atoms with Gasteiger partial charge in [-0.1, -0.05) is 23.2 Å². The predicted molar refractivity (Wildman–Crippen MR) is 88.3 cm³/mol. The molecule has 0 saturated heterocycles. The van der Waals surface area contributed by atoms with Crippen LogP contribution in [-0.2, 0) is 11.2 Å². The first-order valence-corrected chi connectivity index (χ1v) is 7.82. The van der Waals surface area contributed by atoms with Crippen LogP contribution in [0.2, 0.25) is 10.0 Å². The van der Waals surface area contributed by atoms with Crippen LogP contribution >= 0.6 is 34.5 Å². The summed E-state index contributed by atoms with van der Waals surface area (Å²) in [5.74, 6) is -0.274. The monoisotopic (exact) mass is 343 g/mol. The van der Waals surface area contributed by atoms with Crippen molar-refractivity contribution in [2.24, 2.45) is 5.73 Å². The normalized spacial score (nSPS) is 11.5. The van der Waals surface area contributed by atoms with Crippen molar-refractivity contribution < 1.29 is 4.79 Å². The number of rotatable bonds is 4. The Bertz CT molecular complexity index is 664. The van der Waals surface area contributed by atoms with E-state index in [0.717, 1.165) is 10.4 Å². The van der Waals surface area contributed by atoms with Crippen molar-refractivity contribution in [3.05, 3.63) is 44.9 Å². The fourth-order valence-corrected chi connectivity index (χ4v) is 2.78. The number of benzene rings is 1. The number of hydrogen-bond acceptors (Lipinski definition) is 4. The lowest BCUT2D eigenvalue weighted by Gasteiger charge is -2.16. The van der Waals surface area contributed by atoms with Crippen molar-refractivity contribution in [1.29, 1.82) is 0 Å². The number of thiazole rings is 1. The van der Waals surface area contributed by atoms with Crippen molar-refractivity contribution in [3.63, 3.8) is 0 Å². The number of nitrogens with zero attached hydrogens (tertiary/aromatic N) is 1. The summed E-state index contributed by atoms with van der Waals surface area (Å²) in [6, 6.07) is 5.33. The Morgan fingerprint density at radius 2 is 2.14 bits per heavy atom. The Balaban J connectivity index is 2.10. The van der Waals surface area contributed by atoms with E-state index in [1.165, 1.54) is 11.3 Å². The number of amides is 1. The molecule has 0 radical (unpaired) electrons. The van der Waals surface area contributed by atoms with Crippen LogP contribution in [0, 0.1) is 0 Å². The topological polar surface area (TPSA) is 68.0 Å². The molecule has 3 N–H and O–H groups in total. The molecule has 0 aliphatic rings. The standard InChI is InChI=1S/C14H15Cl2N3OS/c1-14(2,17)12(20)19-13-18-7-10(21-13)6-8-5-9(15)3-4-11(8)16/h3-5,7H,6,17H2,1-2H3,(H,18,19,20). The number of halogens is 2. The summed E-state index contributed by atoms with van der Waals surface area (Å²) in [6.07, 6.45) is 2.32. The summed E-state index contributed by atoms with van der Waals surface area (Å²) in [7, 11) is 0. The summed E-state index contributed by atoms with van der Waals surface area (Å²) in [5.41, 5.74) is 5.71. The molecule has 0 aliphatic heterocycles. The minimum Gasteiger partial charge on any atom is -0.318 e. The van der Waals surface area contributed by atoms with Crippen LogP contribution in [0.15, 0.2) is 24.4 Å². The number of carbonyl (C=O) groups is 1. The first-order valence-electron chi connectivity index (χ1n) is 6.24. The molecule has 1 amide bonds. The number of nitrogens with one attached hydrogen (secondary N) is 1. The maximum Gasteiger partial charge on any atom is 0.245 e. The molecular formula is C14H15Cl2N3OS. The lowest BCUT2D eigenvalue weighted by molar-refractivity contribution is -0.120. The predicted octanol–water partition coefficient (Wildman–Crippen LogP) is 3.72. The van der Waals surface area contributed by atoms with E-state index in [9.17, 15) is 4.79 Å². The van der Waals surface area contributed by atoms with Gasteiger partial charge in [0.2, 0.25) is 5.91 Å². The Morgan fingerprint density at radius 1 is 1.43 bits per heavy atom. The maximum absolute atomic E-state index is 11.8. The van der Waals surface area contributed by atoms with Crippen LogP contribution in [0.4, 0.5) is 5.13 Å². The van der Waals surface area contributed by atoms with Gasteiger partial charge in [-0.15, -0.1) is 11.3 Å². The van der Waals surface area contributed by atoms with E-state index in [4.69, 9.17) is 28.9 Å². The van der Waals surface area contributed by atoms with Crippen molar-refractivity contribution in [3.8, 4) is 0 Å². The number of aromatic nitrogens is 1. The van der Waals surface area contributed by atoms with E-state index in [0.29, 0.717) is 21.6 Å². The van der Waals surface area contributed by atoms with Gasteiger partial charge in [-0.2, -0.15) is 0 Å². The van der Waals surface area contributed by atoms with Crippen LogP contribution in [0.3, 0.4) is 0 Å². The molecule has 4 nitrogen and oxygen atoms in total. The van der Waals surface area contributed by atoms with Gasteiger partial charge in [0.15, 0.2) is 5.13 Å². The fraction of sp³-hybridized carbons (Fsp3) is 0.286. The van der Waals surface area contributed by atoms with Crippen LogP contribution < -0.4 is 11.1 Å². The van der Waals surface area contributed by atoms with Crippen molar-refractivity contribution in [1.82, 2.24) is 4.98 Å². The Morgan fingerprint density at radius 3 is 2.81 bits per heavy atom. The van der Waals surface area contributed by atoms with E-state index in [2.05, 4.69) is 10.3 Å². The molecule has 2 rings (SSSR count). The van der Waals surface area contributed by atoms with Gasteiger partial charge in [-0.25, -0.2) is 4.98 Å². The van der Waals surface area contributed by atoms with Crippen molar-refractivity contribution >= 4 is 45.6 Å². The number of carbonyl (C=O) groups excluding carboxylic acids is 1. The van der Waals surface area contributed by atoms with E-state index in [1.807, 2.05) is 6.07 Å². The van der Waals surface area contributed by atoms with E-state index >= 15 is 0 Å². The minimum absolute atomic E-state index is 0.274. The third kappa shape index (κ3) is 4.41. The second-order valence-corrected chi connectivity index (χ2v) is 7.18. The molecule has 21 heavy (non-hydrogen) atoms. The molecule has 0 bridgehead atoms. The first-order chi connectivity index (χ1) is 9.75. The van der Waals surface area contributed by atoms with Crippen LogP contribution in [0.25, 0.3) is 0 Å². The average molecular weight is 344 g/mol. The SMILES string of the molecule is CC(C)(N)C(=O)Nc1ncc(Cc2cc(Cl)ccc2Cl)s1. The van der Waals surface area contributed by atoms with Gasteiger partial charge >= 0.3 is 0 Å². The number of nitrogens with two attached hydrogens (primary N) is 1. The highest BCUT2D eigenvalue weighted by Crippen LogP contribution is 2.27. The summed E-state index contributed by atoms with van der Waals surface area (Å²) in [6.45, 7) is 3.28. The molecule has 1 aromatic carbocycles. The van der Waals surface area contributed by atoms with E-state index < -0.39 is 5.54 Å². The molecule has 0 unspecified atom stereocenters. The minimum atomic E-state index is -0.942. The smallest absolute Gasteiger partial charge is 0.245 e. The summed E-state index contributed by atoms with van der Waals surface area (Å²) >= 11 is 13.5.